The fraction of sp³-hybridized carbons (Fsp3) is 0.692. The second-order valence-electron chi connectivity index (χ2n) is 5.12. The SMILES string of the molecule is C=CCN1CCC(Nc2nc(C(C)C)no2)CC1. The van der Waals surface area contributed by atoms with Crippen LogP contribution < -0.4 is 5.32 Å². The first-order valence-electron chi connectivity index (χ1n) is 6.62. The molecule has 0 radical (unpaired) electrons. The first-order chi connectivity index (χ1) is 8.69. The minimum Gasteiger partial charge on any atom is -0.335 e. The summed E-state index contributed by atoms with van der Waals surface area (Å²) in [5.74, 6) is 1.07. The molecule has 5 heteroatoms. The van der Waals surface area contributed by atoms with E-state index in [0.29, 0.717) is 18.0 Å². The van der Waals surface area contributed by atoms with Gasteiger partial charge in [0.2, 0.25) is 0 Å². The van der Waals surface area contributed by atoms with E-state index in [0.717, 1.165) is 38.3 Å². The van der Waals surface area contributed by atoms with Crippen LogP contribution in [0.3, 0.4) is 0 Å². The zero-order valence-electron chi connectivity index (χ0n) is 11.2. The predicted octanol–water partition coefficient (Wildman–Crippen LogP) is 2.26. The van der Waals surface area contributed by atoms with Gasteiger partial charge in [0.15, 0.2) is 5.82 Å². The molecular weight excluding hydrogens is 228 g/mol. The van der Waals surface area contributed by atoms with E-state index in [9.17, 15) is 0 Å². The van der Waals surface area contributed by atoms with Gasteiger partial charge in [0.1, 0.15) is 0 Å². The Labute approximate surface area is 108 Å². The van der Waals surface area contributed by atoms with Crippen molar-refractivity contribution in [3.63, 3.8) is 0 Å². The van der Waals surface area contributed by atoms with Crippen molar-refractivity contribution in [1.29, 1.82) is 0 Å². The molecule has 1 saturated heterocycles. The second kappa shape index (κ2) is 6.00. The maximum absolute atomic E-state index is 5.20. The van der Waals surface area contributed by atoms with Gasteiger partial charge in [-0.1, -0.05) is 25.1 Å². The van der Waals surface area contributed by atoms with Crippen molar-refractivity contribution < 1.29 is 4.52 Å². The number of nitrogens with zero attached hydrogens (tertiary/aromatic N) is 3. The fourth-order valence-electron chi connectivity index (χ4n) is 2.15. The molecule has 100 valence electrons. The Bertz CT molecular complexity index is 380. The maximum Gasteiger partial charge on any atom is 0.321 e. The van der Waals surface area contributed by atoms with Crippen molar-refractivity contribution in [1.82, 2.24) is 15.0 Å². The molecule has 0 aliphatic carbocycles. The molecule has 1 fully saturated rings. The number of nitrogens with one attached hydrogen (secondary N) is 1. The summed E-state index contributed by atoms with van der Waals surface area (Å²) in [6.07, 6.45) is 4.17. The number of piperidine rings is 1. The predicted molar refractivity (Wildman–Crippen MR) is 71.7 cm³/mol. The summed E-state index contributed by atoms with van der Waals surface area (Å²) in [5, 5.41) is 7.28. The van der Waals surface area contributed by atoms with Gasteiger partial charge in [0.25, 0.3) is 0 Å². The van der Waals surface area contributed by atoms with Crippen molar-refractivity contribution in [2.24, 2.45) is 0 Å². The molecule has 1 aromatic rings. The van der Waals surface area contributed by atoms with Crippen molar-refractivity contribution in [3.05, 3.63) is 18.5 Å². The molecule has 0 unspecified atom stereocenters. The molecule has 2 heterocycles. The average Bonchev–Trinajstić information content (AvgIpc) is 2.81. The Morgan fingerprint density at radius 2 is 2.22 bits per heavy atom. The molecule has 0 atom stereocenters. The highest BCUT2D eigenvalue weighted by Crippen LogP contribution is 2.17. The maximum atomic E-state index is 5.20. The van der Waals surface area contributed by atoms with Crippen LogP contribution in [0.15, 0.2) is 17.2 Å². The van der Waals surface area contributed by atoms with Crippen LogP contribution >= 0.6 is 0 Å². The van der Waals surface area contributed by atoms with Gasteiger partial charge >= 0.3 is 6.01 Å². The van der Waals surface area contributed by atoms with Crippen molar-refractivity contribution >= 4 is 6.01 Å². The Morgan fingerprint density at radius 3 is 2.78 bits per heavy atom. The molecule has 0 saturated carbocycles. The standard InChI is InChI=1S/C13H22N4O/c1-4-7-17-8-5-11(6-9-17)14-13-15-12(10(2)3)16-18-13/h4,10-11H,1,5-9H2,2-3H3,(H,14,15,16). The second-order valence-corrected chi connectivity index (χ2v) is 5.12. The summed E-state index contributed by atoms with van der Waals surface area (Å²) in [4.78, 5) is 6.74. The van der Waals surface area contributed by atoms with E-state index in [1.54, 1.807) is 0 Å². The molecule has 0 aromatic carbocycles. The zero-order valence-corrected chi connectivity index (χ0v) is 11.2. The van der Waals surface area contributed by atoms with E-state index in [1.807, 2.05) is 6.08 Å². The lowest BCUT2D eigenvalue weighted by atomic mass is 10.1. The summed E-state index contributed by atoms with van der Waals surface area (Å²) in [7, 11) is 0. The third kappa shape index (κ3) is 3.32. The smallest absolute Gasteiger partial charge is 0.321 e. The molecule has 2 rings (SSSR count). The van der Waals surface area contributed by atoms with E-state index < -0.39 is 0 Å². The zero-order chi connectivity index (χ0) is 13.0. The molecule has 1 aromatic heterocycles. The van der Waals surface area contributed by atoms with Crippen molar-refractivity contribution in [3.8, 4) is 0 Å². The van der Waals surface area contributed by atoms with Crippen LogP contribution in [0.5, 0.6) is 0 Å². The van der Waals surface area contributed by atoms with Crippen LogP contribution in [0.25, 0.3) is 0 Å². The molecule has 0 spiro atoms. The quantitative estimate of drug-likeness (QED) is 0.812. The average molecular weight is 250 g/mol. The molecule has 1 N–H and O–H groups in total. The Balaban J connectivity index is 1.81. The van der Waals surface area contributed by atoms with Gasteiger partial charge in [-0.25, -0.2) is 0 Å². The largest absolute Gasteiger partial charge is 0.335 e. The minimum absolute atomic E-state index is 0.304. The number of hydrogen-bond donors (Lipinski definition) is 1. The molecule has 0 bridgehead atoms. The number of likely N-dealkylation sites (tertiary alicyclic amines) is 1. The fourth-order valence-corrected chi connectivity index (χ4v) is 2.15. The lowest BCUT2D eigenvalue weighted by Crippen LogP contribution is -2.39. The lowest BCUT2D eigenvalue weighted by Gasteiger charge is -2.30. The van der Waals surface area contributed by atoms with E-state index in [4.69, 9.17) is 4.52 Å². The molecule has 18 heavy (non-hydrogen) atoms. The van der Waals surface area contributed by atoms with Gasteiger partial charge in [-0.05, 0) is 12.8 Å². The van der Waals surface area contributed by atoms with Gasteiger partial charge in [-0.3, -0.25) is 4.90 Å². The first-order valence-corrected chi connectivity index (χ1v) is 6.62. The number of aromatic nitrogens is 2. The summed E-state index contributed by atoms with van der Waals surface area (Å²) in [6.45, 7) is 11.0. The third-order valence-corrected chi connectivity index (χ3v) is 3.26. The normalized spacial score (nSPS) is 18.2. The number of anilines is 1. The molecule has 1 aliphatic heterocycles. The summed E-state index contributed by atoms with van der Waals surface area (Å²) >= 11 is 0. The Hall–Kier alpha value is -1.36. The highest BCUT2D eigenvalue weighted by Gasteiger charge is 2.20. The highest BCUT2D eigenvalue weighted by molar-refractivity contribution is 5.21. The van der Waals surface area contributed by atoms with Gasteiger partial charge in [-0.15, -0.1) is 6.58 Å². The van der Waals surface area contributed by atoms with E-state index >= 15 is 0 Å². The molecule has 0 amide bonds. The monoisotopic (exact) mass is 250 g/mol. The summed E-state index contributed by atoms with van der Waals surface area (Å²) in [6, 6.07) is 0.993. The highest BCUT2D eigenvalue weighted by atomic mass is 16.5. The van der Waals surface area contributed by atoms with Crippen LogP contribution in [0.4, 0.5) is 6.01 Å². The number of hydrogen-bond acceptors (Lipinski definition) is 5. The molecular formula is C13H22N4O. The van der Waals surface area contributed by atoms with E-state index in [2.05, 4.69) is 40.8 Å². The van der Waals surface area contributed by atoms with E-state index in [-0.39, 0.29) is 0 Å². The van der Waals surface area contributed by atoms with Crippen LogP contribution in [0.1, 0.15) is 38.4 Å². The van der Waals surface area contributed by atoms with Crippen molar-refractivity contribution in [2.75, 3.05) is 25.0 Å². The Morgan fingerprint density at radius 1 is 1.50 bits per heavy atom. The number of rotatable bonds is 5. The summed E-state index contributed by atoms with van der Waals surface area (Å²) in [5.41, 5.74) is 0. The van der Waals surface area contributed by atoms with Crippen LogP contribution in [-0.4, -0.2) is 40.7 Å². The Kier molecular flexibility index (Phi) is 4.36. The van der Waals surface area contributed by atoms with Crippen molar-refractivity contribution in [2.45, 2.75) is 38.6 Å². The van der Waals surface area contributed by atoms with E-state index in [1.165, 1.54) is 0 Å². The molecule has 5 nitrogen and oxygen atoms in total. The van der Waals surface area contributed by atoms with Gasteiger partial charge in [0, 0.05) is 31.6 Å². The van der Waals surface area contributed by atoms with Gasteiger partial charge in [-0.2, -0.15) is 4.98 Å². The first kappa shape index (κ1) is 13.1. The molecule has 1 aliphatic rings. The van der Waals surface area contributed by atoms with Gasteiger partial charge in [0.05, 0.1) is 0 Å². The van der Waals surface area contributed by atoms with Gasteiger partial charge < -0.3 is 9.84 Å². The lowest BCUT2D eigenvalue weighted by molar-refractivity contribution is 0.238. The van der Waals surface area contributed by atoms with Crippen LogP contribution in [0, 0.1) is 0 Å². The minimum atomic E-state index is 0.304. The van der Waals surface area contributed by atoms with Crippen LogP contribution in [-0.2, 0) is 0 Å². The third-order valence-electron chi connectivity index (χ3n) is 3.26. The topological polar surface area (TPSA) is 54.2 Å². The summed E-state index contributed by atoms with van der Waals surface area (Å²) < 4.78 is 5.20. The van der Waals surface area contributed by atoms with Crippen LogP contribution in [0.2, 0.25) is 0 Å².